The number of carbonyl (C=O) groups is 1. The number of fused-ring (bicyclic) bond motifs is 1. The number of para-hydroxylation sites is 1. The van der Waals surface area contributed by atoms with E-state index in [1.165, 1.54) is 19.2 Å². The van der Waals surface area contributed by atoms with Gasteiger partial charge in [0.2, 0.25) is 5.91 Å². The van der Waals surface area contributed by atoms with E-state index in [2.05, 4.69) is 26.2 Å². The van der Waals surface area contributed by atoms with Gasteiger partial charge in [-0.1, -0.05) is 6.07 Å². The van der Waals surface area contributed by atoms with Gasteiger partial charge in [0.1, 0.15) is 5.75 Å². The van der Waals surface area contributed by atoms with E-state index in [0.29, 0.717) is 25.7 Å². The predicted octanol–water partition coefficient (Wildman–Crippen LogP) is 5.49. The van der Waals surface area contributed by atoms with Gasteiger partial charge in [0.25, 0.3) is 0 Å². The number of rotatable bonds is 4. The zero-order valence-corrected chi connectivity index (χ0v) is 18.7. The topological polar surface area (TPSA) is 76.1 Å². The lowest BCUT2D eigenvalue weighted by atomic mass is 9.85. The van der Waals surface area contributed by atoms with Crippen molar-refractivity contribution in [1.29, 1.82) is 0 Å². The van der Waals surface area contributed by atoms with Crippen molar-refractivity contribution >= 4 is 38.6 Å². The number of H-pyrrole nitrogens is 1. The highest BCUT2D eigenvalue weighted by atomic mass is 79.9. The minimum atomic E-state index is -4.59. The summed E-state index contributed by atoms with van der Waals surface area (Å²) in [5.41, 5.74) is 0.472. The van der Waals surface area contributed by atoms with Gasteiger partial charge in [-0.2, -0.15) is 13.2 Å². The second-order valence-electron chi connectivity index (χ2n) is 7.84. The second-order valence-corrected chi connectivity index (χ2v) is 8.70. The van der Waals surface area contributed by atoms with E-state index < -0.39 is 11.7 Å². The molecule has 1 amide bonds. The predicted molar refractivity (Wildman–Crippen MR) is 118 cm³/mol. The molecule has 1 aromatic heterocycles. The minimum absolute atomic E-state index is 0.0487. The second kappa shape index (κ2) is 8.65. The third-order valence-electron chi connectivity index (χ3n) is 5.91. The van der Waals surface area contributed by atoms with Crippen molar-refractivity contribution in [3.63, 3.8) is 0 Å². The van der Waals surface area contributed by atoms with Crippen LogP contribution in [0.2, 0.25) is 0 Å². The van der Waals surface area contributed by atoms with Crippen LogP contribution in [0.3, 0.4) is 0 Å². The number of ether oxygens (including phenoxy) is 1. The molecular formula is C22H21BrF3N3O3. The lowest BCUT2D eigenvalue weighted by Crippen LogP contribution is -2.31. The van der Waals surface area contributed by atoms with Crippen LogP contribution in [0.15, 0.2) is 45.7 Å². The molecule has 6 nitrogen and oxygen atoms in total. The van der Waals surface area contributed by atoms with Crippen molar-refractivity contribution in [3.8, 4) is 5.75 Å². The van der Waals surface area contributed by atoms with Crippen LogP contribution in [0, 0.1) is 5.92 Å². The summed E-state index contributed by atoms with van der Waals surface area (Å²) in [5, 5.41) is 2.60. The SMILES string of the molecule is COc1ccc(NC(=O)C2CCC(n3c(=O)[nH]c4c(Br)cccc43)CC2)cc1C(F)(F)F. The molecule has 0 spiro atoms. The van der Waals surface area contributed by atoms with E-state index in [4.69, 9.17) is 4.74 Å². The monoisotopic (exact) mass is 511 g/mol. The third-order valence-corrected chi connectivity index (χ3v) is 6.57. The molecule has 0 unspecified atom stereocenters. The molecule has 2 aromatic carbocycles. The third kappa shape index (κ3) is 4.28. The average Bonchev–Trinajstić information content (AvgIpc) is 3.10. The molecule has 1 heterocycles. The Morgan fingerprint density at radius 2 is 1.91 bits per heavy atom. The van der Waals surface area contributed by atoms with Crippen LogP contribution >= 0.6 is 15.9 Å². The summed E-state index contributed by atoms with van der Waals surface area (Å²) in [6.45, 7) is 0. The first kappa shape index (κ1) is 22.4. The number of amides is 1. The number of alkyl halides is 3. The van der Waals surface area contributed by atoms with E-state index in [1.807, 2.05) is 18.2 Å². The number of anilines is 1. The zero-order chi connectivity index (χ0) is 23.0. The normalized spacial score (nSPS) is 19.2. The van der Waals surface area contributed by atoms with Crippen molar-refractivity contribution in [3.05, 3.63) is 56.9 Å². The summed E-state index contributed by atoms with van der Waals surface area (Å²) >= 11 is 3.44. The van der Waals surface area contributed by atoms with Gasteiger partial charge in [0.05, 0.1) is 23.7 Å². The minimum Gasteiger partial charge on any atom is -0.496 e. The first-order valence-electron chi connectivity index (χ1n) is 10.1. The molecule has 32 heavy (non-hydrogen) atoms. The van der Waals surface area contributed by atoms with Crippen LogP contribution in [-0.2, 0) is 11.0 Å². The highest BCUT2D eigenvalue weighted by Gasteiger charge is 2.35. The molecule has 1 saturated carbocycles. The van der Waals surface area contributed by atoms with Crippen LogP contribution in [0.1, 0.15) is 37.3 Å². The Hall–Kier alpha value is -2.75. The lowest BCUT2D eigenvalue weighted by molar-refractivity contribution is -0.138. The number of halogens is 4. The zero-order valence-electron chi connectivity index (χ0n) is 17.1. The molecule has 4 rings (SSSR count). The summed E-state index contributed by atoms with van der Waals surface area (Å²) in [4.78, 5) is 28.1. The van der Waals surface area contributed by atoms with Gasteiger partial charge in [-0.05, 0) is 71.9 Å². The van der Waals surface area contributed by atoms with Crippen molar-refractivity contribution in [1.82, 2.24) is 9.55 Å². The number of aromatic nitrogens is 2. The standard InChI is InChI=1S/C22H21BrF3N3O3/c1-32-18-10-7-13(11-15(18)22(24,25)26)27-20(30)12-5-8-14(9-6-12)29-17-4-2-3-16(23)19(17)28-21(29)31/h2-4,7,10-12,14H,5-6,8-9H2,1H3,(H,27,30)(H,28,31). The Morgan fingerprint density at radius 3 is 2.56 bits per heavy atom. The molecule has 0 aliphatic heterocycles. The molecule has 0 atom stereocenters. The van der Waals surface area contributed by atoms with E-state index in [1.54, 1.807) is 4.57 Å². The Morgan fingerprint density at radius 1 is 1.19 bits per heavy atom. The highest BCUT2D eigenvalue weighted by molar-refractivity contribution is 9.10. The number of nitrogens with one attached hydrogen (secondary N) is 2. The number of methoxy groups -OCH3 is 1. The molecule has 2 N–H and O–H groups in total. The number of nitrogens with zero attached hydrogens (tertiary/aromatic N) is 1. The van der Waals surface area contributed by atoms with Crippen molar-refractivity contribution < 1.29 is 22.7 Å². The summed E-state index contributed by atoms with van der Waals surface area (Å²) < 4.78 is 47.0. The molecule has 1 aliphatic carbocycles. The smallest absolute Gasteiger partial charge is 0.420 e. The first-order valence-corrected chi connectivity index (χ1v) is 10.9. The van der Waals surface area contributed by atoms with E-state index in [9.17, 15) is 22.8 Å². The maximum atomic E-state index is 13.2. The Kier molecular flexibility index (Phi) is 6.07. The fraction of sp³-hybridized carbons (Fsp3) is 0.364. The fourth-order valence-corrected chi connectivity index (χ4v) is 4.78. The summed E-state index contributed by atoms with van der Waals surface area (Å²) in [7, 11) is 1.17. The van der Waals surface area contributed by atoms with Gasteiger partial charge >= 0.3 is 11.9 Å². The number of imidazole rings is 1. The summed E-state index contributed by atoms with van der Waals surface area (Å²) in [5.74, 6) is -0.960. The molecular weight excluding hydrogens is 491 g/mol. The summed E-state index contributed by atoms with van der Waals surface area (Å²) in [6, 6.07) is 9.00. The largest absolute Gasteiger partial charge is 0.496 e. The number of aromatic amines is 1. The molecule has 0 bridgehead atoms. The van der Waals surface area contributed by atoms with Gasteiger partial charge in [-0.3, -0.25) is 9.36 Å². The van der Waals surface area contributed by atoms with Crippen molar-refractivity contribution in [2.24, 2.45) is 5.92 Å². The number of hydrogen-bond donors (Lipinski definition) is 2. The van der Waals surface area contributed by atoms with Gasteiger partial charge in [-0.25, -0.2) is 4.79 Å². The van der Waals surface area contributed by atoms with Crippen LogP contribution in [0.25, 0.3) is 11.0 Å². The van der Waals surface area contributed by atoms with E-state index in [0.717, 1.165) is 21.6 Å². The van der Waals surface area contributed by atoms with E-state index >= 15 is 0 Å². The molecule has 3 aromatic rings. The highest BCUT2D eigenvalue weighted by Crippen LogP contribution is 2.38. The van der Waals surface area contributed by atoms with Crippen molar-refractivity contribution in [2.75, 3.05) is 12.4 Å². The molecule has 1 aliphatic rings. The van der Waals surface area contributed by atoms with Crippen LogP contribution in [0.4, 0.5) is 18.9 Å². The molecule has 10 heteroatoms. The number of benzene rings is 2. The lowest BCUT2D eigenvalue weighted by Gasteiger charge is -2.28. The number of carbonyl (C=O) groups excluding carboxylic acids is 1. The van der Waals surface area contributed by atoms with Crippen LogP contribution in [0.5, 0.6) is 5.75 Å². The Balaban J connectivity index is 1.45. The molecule has 1 fully saturated rings. The van der Waals surface area contributed by atoms with Crippen LogP contribution < -0.4 is 15.7 Å². The molecule has 0 radical (unpaired) electrons. The maximum Gasteiger partial charge on any atom is 0.420 e. The fourth-order valence-electron chi connectivity index (χ4n) is 4.32. The van der Waals surface area contributed by atoms with Gasteiger partial charge in [0, 0.05) is 22.1 Å². The van der Waals surface area contributed by atoms with Crippen LogP contribution in [-0.4, -0.2) is 22.6 Å². The van der Waals surface area contributed by atoms with Gasteiger partial charge < -0.3 is 15.0 Å². The van der Waals surface area contributed by atoms with Crippen molar-refractivity contribution in [2.45, 2.75) is 37.9 Å². The Bertz CT molecular complexity index is 1210. The average molecular weight is 512 g/mol. The first-order chi connectivity index (χ1) is 15.2. The van der Waals surface area contributed by atoms with Gasteiger partial charge in [-0.15, -0.1) is 0 Å². The molecule has 0 saturated heterocycles. The van der Waals surface area contributed by atoms with E-state index in [-0.39, 0.29) is 35.0 Å². The maximum absolute atomic E-state index is 13.2. The molecule has 170 valence electrons. The Labute approximate surface area is 189 Å². The quantitative estimate of drug-likeness (QED) is 0.486. The number of hydrogen-bond acceptors (Lipinski definition) is 3. The van der Waals surface area contributed by atoms with Gasteiger partial charge in [0.15, 0.2) is 0 Å². The summed E-state index contributed by atoms with van der Waals surface area (Å²) in [6.07, 6.45) is -2.29.